The molecule has 1 atom stereocenters. The fourth-order valence-corrected chi connectivity index (χ4v) is 2.86. The van der Waals surface area contributed by atoms with Gasteiger partial charge in [-0.1, -0.05) is 11.8 Å². The van der Waals surface area contributed by atoms with Gasteiger partial charge in [-0.15, -0.1) is 11.3 Å². The molecule has 0 aromatic carbocycles. The lowest BCUT2D eigenvalue weighted by Gasteiger charge is -2.22. The van der Waals surface area contributed by atoms with E-state index in [1.54, 1.807) is 11.0 Å². The molecular formula is C13H16N2O2S. The Kier molecular flexibility index (Phi) is 4.37. The summed E-state index contributed by atoms with van der Waals surface area (Å²) >= 11 is 1.45. The molecule has 0 radical (unpaired) electrons. The average Bonchev–Trinajstić information content (AvgIpc) is 3.04. The molecule has 1 aromatic heterocycles. The second-order valence-corrected chi connectivity index (χ2v) is 5.09. The van der Waals surface area contributed by atoms with Crippen molar-refractivity contribution in [3.05, 3.63) is 21.9 Å². The third-order valence-corrected chi connectivity index (χ3v) is 3.85. The van der Waals surface area contributed by atoms with E-state index in [0.29, 0.717) is 12.1 Å². The highest BCUT2D eigenvalue weighted by atomic mass is 32.1. The van der Waals surface area contributed by atoms with Crippen LogP contribution in [0.3, 0.4) is 0 Å². The molecule has 1 amide bonds. The molecule has 1 saturated heterocycles. The molecule has 18 heavy (non-hydrogen) atoms. The molecule has 1 fully saturated rings. The first kappa shape index (κ1) is 13.1. The number of likely N-dealkylation sites (tertiary alicyclic amines) is 1. The minimum Gasteiger partial charge on any atom is -0.394 e. The van der Waals surface area contributed by atoms with Gasteiger partial charge in [0.25, 0.3) is 5.91 Å². The zero-order chi connectivity index (χ0) is 13.0. The predicted molar refractivity (Wildman–Crippen MR) is 71.4 cm³/mol. The van der Waals surface area contributed by atoms with Gasteiger partial charge in [0.05, 0.1) is 29.6 Å². The minimum absolute atomic E-state index is 0.0106. The van der Waals surface area contributed by atoms with E-state index in [1.807, 2.05) is 5.38 Å². The van der Waals surface area contributed by atoms with Crippen molar-refractivity contribution < 1.29 is 9.90 Å². The number of nitrogens with two attached hydrogens (primary N) is 1. The number of amides is 1. The third kappa shape index (κ3) is 2.72. The Bertz CT molecular complexity index is 487. The van der Waals surface area contributed by atoms with Crippen LogP contribution in [0.25, 0.3) is 0 Å². The van der Waals surface area contributed by atoms with Crippen molar-refractivity contribution in [3.8, 4) is 11.8 Å². The number of carbonyl (C=O) groups is 1. The van der Waals surface area contributed by atoms with Crippen LogP contribution in [-0.2, 0) is 0 Å². The van der Waals surface area contributed by atoms with Crippen molar-refractivity contribution in [3.63, 3.8) is 0 Å². The highest BCUT2D eigenvalue weighted by Gasteiger charge is 2.29. The van der Waals surface area contributed by atoms with Gasteiger partial charge in [0.15, 0.2) is 0 Å². The summed E-state index contributed by atoms with van der Waals surface area (Å²) < 4.78 is 0. The lowest BCUT2D eigenvalue weighted by Crippen LogP contribution is -2.37. The average molecular weight is 264 g/mol. The van der Waals surface area contributed by atoms with Gasteiger partial charge in [-0.3, -0.25) is 4.79 Å². The van der Waals surface area contributed by atoms with Crippen molar-refractivity contribution in [2.24, 2.45) is 5.73 Å². The van der Waals surface area contributed by atoms with Gasteiger partial charge >= 0.3 is 0 Å². The molecule has 1 aliphatic heterocycles. The van der Waals surface area contributed by atoms with Gasteiger partial charge in [0.1, 0.15) is 0 Å². The first-order valence-electron chi connectivity index (χ1n) is 5.95. The maximum absolute atomic E-state index is 12.3. The number of hydrogen-bond acceptors (Lipinski definition) is 4. The Morgan fingerprint density at radius 2 is 2.50 bits per heavy atom. The lowest BCUT2D eigenvalue weighted by atomic mass is 10.2. The molecule has 1 unspecified atom stereocenters. The molecule has 0 bridgehead atoms. The summed E-state index contributed by atoms with van der Waals surface area (Å²) in [5.41, 5.74) is 5.96. The largest absolute Gasteiger partial charge is 0.394 e. The number of rotatable bonds is 2. The fourth-order valence-electron chi connectivity index (χ4n) is 2.11. The molecule has 3 N–H and O–H groups in total. The SMILES string of the molecule is NCC#Cc1cc(C(=O)N2CCCC2CO)cs1. The van der Waals surface area contributed by atoms with Gasteiger partial charge in [0.2, 0.25) is 0 Å². The Morgan fingerprint density at radius 3 is 3.22 bits per heavy atom. The van der Waals surface area contributed by atoms with Crippen LogP contribution in [0.4, 0.5) is 0 Å². The van der Waals surface area contributed by atoms with E-state index in [-0.39, 0.29) is 18.6 Å². The first-order valence-corrected chi connectivity index (χ1v) is 6.83. The predicted octanol–water partition coefficient (Wildman–Crippen LogP) is 0.655. The zero-order valence-corrected chi connectivity index (χ0v) is 10.9. The van der Waals surface area contributed by atoms with E-state index in [4.69, 9.17) is 5.73 Å². The van der Waals surface area contributed by atoms with Crippen LogP contribution in [0.2, 0.25) is 0 Å². The van der Waals surface area contributed by atoms with Gasteiger partial charge in [-0.25, -0.2) is 0 Å². The van der Waals surface area contributed by atoms with Crippen LogP contribution in [0.1, 0.15) is 28.1 Å². The van der Waals surface area contributed by atoms with Gasteiger partial charge < -0.3 is 15.7 Å². The van der Waals surface area contributed by atoms with Crippen LogP contribution in [-0.4, -0.2) is 41.7 Å². The molecule has 2 rings (SSSR count). The number of nitrogens with zero attached hydrogens (tertiary/aromatic N) is 1. The Morgan fingerprint density at radius 1 is 1.67 bits per heavy atom. The third-order valence-electron chi connectivity index (χ3n) is 3.01. The van der Waals surface area contributed by atoms with E-state index in [0.717, 1.165) is 24.3 Å². The van der Waals surface area contributed by atoms with Crippen molar-refractivity contribution in [2.45, 2.75) is 18.9 Å². The summed E-state index contributed by atoms with van der Waals surface area (Å²) in [7, 11) is 0. The maximum Gasteiger partial charge on any atom is 0.255 e. The van der Waals surface area contributed by atoms with Crippen LogP contribution in [0, 0.1) is 11.8 Å². The van der Waals surface area contributed by atoms with Crippen LogP contribution in [0.15, 0.2) is 11.4 Å². The molecule has 96 valence electrons. The highest BCUT2D eigenvalue weighted by molar-refractivity contribution is 7.10. The van der Waals surface area contributed by atoms with Crippen molar-refractivity contribution in [1.82, 2.24) is 4.90 Å². The zero-order valence-electron chi connectivity index (χ0n) is 10.1. The molecule has 0 spiro atoms. The number of carbonyl (C=O) groups excluding carboxylic acids is 1. The topological polar surface area (TPSA) is 66.6 Å². The molecular weight excluding hydrogens is 248 g/mol. The van der Waals surface area contributed by atoms with Gasteiger partial charge in [-0.2, -0.15) is 0 Å². The van der Waals surface area contributed by atoms with Gasteiger partial charge in [-0.05, 0) is 18.9 Å². The number of thiophene rings is 1. The number of hydrogen-bond donors (Lipinski definition) is 2. The monoisotopic (exact) mass is 264 g/mol. The molecule has 2 heterocycles. The molecule has 5 heteroatoms. The van der Waals surface area contributed by atoms with Crippen molar-refractivity contribution in [2.75, 3.05) is 19.7 Å². The summed E-state index contributed by atoms with van der Waals surface area (Å²) in [5, 5.41) is 11.0. The fraction of sp³-hybridized carbons (Fsp3) is 0.462. The molecule has 0 aliphatic carbocycles. The minimum atomic E-state index is -0.0315. The van der Waals surface area contributed by atoms with E-state index in [2.05, 4.69) is 11.8 Å². The Labute approximate surface area is 110 Å². The van der Waals surface area contributed by atoms with Crippen molar-refractivity contribution >= 4 is 17.2 Å². The smallest absolute Gasteiger partial charge is 0.255 e. The molecule has 1 aromatic rings. The molecule has 1 aliphatic rings. The second-order valence-electron chi connectivity index (χ2n) is 4.18. The number of aliphatic hydroxyl groups is 1. The van der Waals surface area contributed by atoms with E-state index in [1.165, 1.54) is 11.3 Å². The highest BCUT2D eigenvalue weighted by Crippen LogP contribution is 2.22. The lowest BCUT2D eigenvalue weighted by molar-refractivity contribution is 0.0678. The Hall–Kier alpha value is -1.35. The van der Waals surface area contributed by atoms with E-state index < -0.39 is 0 Å². The summed E-state index contributed by atoms with van der Waals surface area (Å²) in [5.74, 6) is 5.68. The van der Waals surface area contributed by atoms with E-state index in [9.17, 15) is 9.90 Å². The Balaban J connectivity index is 2.11. The maximum atomic E-state index is 12.3. The van der Waals surface area contributed by atoms with Crippen molar-refractivity contribution in [1.29, 1.82) is 0 Å². The quantitative estimate of drug-likeness (QED) is 0.771. The molecule has 4 nitrogen and oxygen atoms in total. The van der Waals surface area contributed by atoms with Crippen LogP contribution in [0.5, 0.6) is 0 Å². The first-order chi connectivity index (χ1) is 8.76. The molecule has 0 saturated carbocycles. The summed E-state index contributed by atoms with van der Waals surface area (Å²) in [4.78, 5) is 14.9. The number of aliphatic hydroxyl groups excluding tert-OH is 1. The summed E-state index contributed by atoms with van der Waals surface area (Å²) in [6, 6.07) is 1.76. The van der Waals surface area contributed by atoms with Gasteiger partial charge in [0, 0.05) is 11.9 Å². The normalized spacial score (nSPS) is 18.6. The van der Waals surface area contributed by atoms with Crippen LogP contribution < -0.4 is 5.73 Å². The second kappa shape index (κ2) is 6.01. The standard InChI is InChI=1S/C13H16N2O2S/c14-5-1-4-12-7-10(9-18-12)13(17)15-6-2-3-11(15)8-16/h7,9,11,16H,2-3,5-6,8,14H2. The summed E-state index contributed by atoms with van der Waals surface area (Å²) in [6.45, 7) is 1.08. The van der Waals surface area contributed by atoms with E-state index >= 15 is 0 Å². The summed E-state index contributed by atoms with van der Waals surface area (Å²) in [6.07, 6.45) is 1.84. The van der Waals surface area contributed by atoms with Crippen LogP contribution >= 0.6 is 11.3 Å².